The standard InChI is InChI=1S/C21H25ClN2O3S/c1-17-11-12-18(22)15-20(17)24(28(26,27)19-9-5-4-6-10-19)16-21(25)23-13-7-2-3-8-14-23/h4-6,9-12,15H,2-3,7-8,13-14,16H2,1H3. The molecule has 1 amide bonds. The van der Waals surface area contributed by atoms with Crippen molar-refractivity contribution in [3.05, 3.63) is 59.1 Å². The lowest BCUT2D eigenvalue weighted by atomic mass is 10.2. The van der Waals surface area contributed by atoms with Gasteiger partial charge in [-0.3, -0.25) is 9.10 Å². The second-order valence-corrected chi connectivity index (χ2v) is 9.35. The molecule has 0 unspecified atom stereocenters. The quantitative estimate of drug-likeness (QED) is 0.726. The first-order valence-electron chi connectivity index (χ1n) is 9.51. The Labute approximate surface area is 172 Å². The van der Waals surface area contributed by atoms with Gasteiger partial charge in [-0.2, -0.15) is 0 Å². The molecule has 0 atom stereocenters. The van der Waals surface area contributed by atoms with E-state index >= 15 is 0 Å². The third-order valence-corrected chi connectivity index (χ3v) is 7.02. The van der Waals surface area contributed by atoms with Crippen LogP contribution in [0.1, 0.15) is 31.2 Å². The largest absolute Gasteiger partial charge is 0.341 e. The summed E-state index contributed by atoms with van der Waals surface area (Å²) in [5, 5.41) is 0.427. The van der Waals surface area contributed by atoms with Gasteiger partial charge in [0.05, 0.1) is 10.6 Å². The number of carbonyl (C=O) groups excluding carboxylic acids is 1. The molecule has 2 aromatic rings. The zero-order valence-corrected chi connectivity index (χ0v) is 17.5. The Kier molecular flexibility index (Phi) is 6.62. The number of rotatable bonds is 5. The average molecular weight is 421 g/mol. The minimum absolute atomic E-state index is 0.151. The van der Waals surface area contributed by atoms with E-state index in [1.54, 1.807) is 53.4 Å². The number of aryl methyl sites for hydroxylation is 1. The van der Waals surface area contributed by atoms with Crippen LogP contribution in [0.25, 0.3) is 0 Å². The normalized spacial score (nSPS) is 15.1. The highest BCUT2D eigenvalue weighted by Gasteiger charge is 2.30. The fraction of sp³-hybridized carbons (Fsp3) is 0.381. The predicted molar refractivity (Wildman–Crippen MR) is 112 cm³/mol. The van der Waals surface area contributed by atoms with Crippen LogP contribution in [0.2, 0.25) is 5.02 Å². The first-order chi connectivity index (χ1) is 13.4. The van der Waals surface area contributed by atoms with Gasteiger partial charge in [0, 0.05) is 18.1 Å². The fourth-order valence-electron chi connectivity index (χ4n) is 3.41. The molecule has 0 aromatic heterocycles. The lowest BCUT2D eigenvalue weighted by Gasteiger charge is -2.29. The zero-order chi connectivity index (χ0) is 20.1. The molecule has 0 bridgehead atoms. The molecule has 1 fully saturated rings. The Morgan fingerprint density at radius 1 is 1.04 bits per heavy atom. The number of amides is 1. The first-order valence-corrected chi connectivity index (χ1v) is 11.3. The van der Waals surface area contributed by atoms with Crippen molar-refractivity contribution in [2.45, 2.75) is 37.5 Å². The van der Waals surface area contributed by atoms with Crippen LogP contribution in [0.4, 0.5) is 5.69 Å². The molecule has 150 valence electrons. The second-order valence-electron chi connectivity index (χ2n) is 7.05. The van der Waals surface area contributed by atoms with E-state index in [2.05, 4.69) is 0 Å². The van der Waals surface area contributed by atoms with Gasteiger partial charge in [-0.15, -0.1) is 0 Å². The Bertz CT molecular complexity index is 924. The molecule has 1 aliphatic rings. The topological polar surface area (TPSA) is 57.7 Å². The molecule has 0 aliphatic carbocycles. The van der Waals surface area contributed by atoms with Crippen molar-refractivity contribution in [3.8, 4) is 0 Å². The van der Waals surface area contributed by atoms with Gasteiger partial charge >= 0.3 is 0 Å². The minimum Gasteiger partial charge on any atom is -0.341 e. The smallest absolute Gasteiger partial charge is 0.264 e. The van der Waals surface area contributed by atoms with Crippen molar-refractivity contribution in [1.82, 2.24) is 4.90 Å². The van der Waals surface area contributed by atoms with E-state index in [0.717, 1.165) is 31.2 Å². The van der Waals surface area contributed by atoms with Gasteiger partial charge < -0.3 is 4.90 Å². The number of hydrogen-bond acceptors (Lipinski definition) is 3. The van der Waals surface area contributed by atoms with Gasteiger partial charge in [0.2, 0.25) is 5.91 Å². The Morgan fingerprint density at radius 3 is 2.32 bits per heavy atom. The van der Waals surface area contributed by atoms with Crippen molar-refractivity contribution in [1.29, 1.82) is 0 Å². The fourth-order valence-corrected chi connectivity index (χ4v) is 5.07. The predicted octanol–water partition coefficient (Wildman–Crippen LogP) is 4.25. The molecule has 2 aromatic carbocycles. The highest BCUT2D eigenvalue weighted by atomic mass is 35.5. The summed E-state index contributed by atoms with van der Waals surface area (Å²) < 4.78 is 28.0. The van der Waals surface area contributed by atoms with E-state index in [4.69, 9.17) is 11.6 Å². The maximum atomic E-state index is 13.4. The number of nitrogens with zero attached hydrogens (tertiary/aromatic N) is 2. The second kappa shape index (κ2) is 8.97. The van der Waals surface area contributed by atoms with E-state index in [1.807, 2.05) is 6.92 Å². The van der Waals surface area contributed by atoms with Gasteiger partial charge in [0.25, 0.3) is 10.0 Å². The SMILES string of the molecule is Cc1ccc(Cl)cc1N(CC(=O)N1CCCCCC1)S(=O)(=O)c1ccccc1. The third-order valence-electron chi connectivity index (χ3n) is 5.01. The molecule has 0 radical (unpaired) electrons. The van der Waals surface area contributed by atoms with Crippen LogP contribution in [-0.4, -0.2) is 38.9 Å². The average Bonchev–Trinajstić information content (AvgIpc) is 2.98. The molecule has 1 aliphatic heterocycles. The van der Waals surface area contributed by atoms with E-state index in [-0.39, 0.29) is 17.3 Å². The van der Waals surface area contributed by atoms with Gasteiger partial charge in [-0.05, 0) is 49.6 Å². The number of carbonyl (C=O) groups is 1. The van der Waals surface area contributed by atoms with E-state index < -0.39 is 10.0 Å². The van der Waals surface area contributed by atoms with Crippen molar-refractivity contribution in [2.24, 2.45) is 0 Å². The number of likely N-dealkylation sites (tertiary alicyclic amines) is 1. The number of halogens is 1. The van der Waals surface area contributed by atoms with Crippen LogP contribution in [0, 0.1) is 6.92 Å². The molecule has 0 saturated carbocycles. The van der Waals surface area contributed by atoms with E-state index in [0.29, 0.717) is 23.8 Å². The molecule has 28 heavy (non-hydrogen) atoms. The molecule has 1 heterocycles. The van der Waals surface area contributed by atoms with Crippen LogP contribution in [0.3, 0.4) is 0 Å². The highest BCUT2D eigenvalue weighted by Crippen LogP contribution is 2.29. The summed E-state index contributed by atoms with van der Waals surface area (Å²) in [5.74, 6) is -0.180. The van der Waals surface area contributed by atoms with Crippen molar-refractivity contribution in [3.63, 3.8) is 0 Å². The molecule has 0 N–H and O–H groups in total. The van der Waals surface area contributed by atoms with Gasteiger partial charge in [-0.1, -0.05) is 48.7 Å². The number of hydrogen-bond donors (Lipinski definition) is 0. The molecule has 1 saturated heterocycles. The lowest BCUT2D eigenvalue weighted by molar-refractivity contribution is -0.129. The number of anilines is 1. The van der Waals surface area contributed by atoms with Crippen LogP contribution in [0.5, 0.6) is 0 Å². The number of sulfonamides is 1. The Morgan fingerprint density at radius 2 is 1.68 bits per heavy atom. The summed E-state index contributed by atoms with van der Waals surface area (Å²) in [4.78, 5) is 14.9. The zero-order valence-electron chi connectivity index (χ0n) is 16.0. The summed E-state index contributed by atoms with van der Waals surface area (Å²) >= 11 is 6.15. The maximum Gasteiger partial charge on any atom is 0.264 e. The number of benzene rings is 2. The lowest BCUT2D eigenvalue weighted by Crippen LogP contribution is -2.43. The molecule has 0 spiro atoms. The summed E-state index contributed by atoms with van der Waals surface area (Å²) in [7, 11) is -3.91. The van der Waals surface area contributed by atoms with E-state index in [9.17, 15) is 13.2 Å². The monoisotopic (exact) mass is 420 g/mol. The van der Waals surface area contributed by atoms with Gasteiger partial charge in [0.15, 0.2) is 0 Å². The maximum absolute atomic E-state index is 13.4. The third kappa shape index (κ3) is 4.67. The Hall–Kier alpha value is -2.05. The molecular weight excluding hydrogens is 396 g/mol. The van der Waals surface area contributed by atoms with Crippen LogP contribution < -0.4 is 4.31 Å². The van der Waals surface area contributed by atoms with Crippen molar-refractivity contribution < 1.29 is 13.2 Å². The van der Waals surface area contributed by atoms with Crippen LogP contribution >= 0.6 is 11.6 Å². The van der Waals surface area contributed by atoms with Crippen LogP contribution in [-0.2, 0) is 14.8 Å². The molecule has 3 rings (SSSR count). The van der Waals surface area contributed by atoms with Crippen molar-refractivity contribution in [2.75, 3.05) is 23.9 Å². The van der Waals surface area contributed by atoms with E-state index in [1.165, 1.54) is 4.31 Å². The molecular formula is C21H25ClN2O3S. The summed E-state index contributed by atoms with van der Waals surface area (Å²) in [6, 6.07) is 13.3. The highest BCUT2D eigenvalue weighted by molar-refractivity contribution is 7.92. The summed E-state index contributed by atoms with van der Waals surface area (Å²) in [6.45, 7) is 2.92. The van der Waals surface area contributed by atoms with Crippen LogP contribution in [0.15, 0.2) is 53.4 Å². The van der Waals surface area contributed by atoms with Gasteiger partial charge in [-0.25, -0.2) is 8.42 Å². The summed E-state index contributed by atoms with van der Waals surface area (Å²) in [5.41, 5.74) is 1.17. The summed E-state index contributed by atoms with van der Waals surface area (Å²) in [6.07, 6.45) is 4.10. The minimum atomic E-state index is -3.91. The van der Waals surface area contributed by atoms with Gasteiger partial charge in [0.1, 0.15) is 6.54 Å². The first kappa shape index (κ1) is 20.7. The molecule has 7 heteroatoms. The Balaban J connectivity index is 1.99. The van der Waals surface area contributed by atoms with Crippen molar-refractivity contribution >= 4 is 33.2 Å². The molecule has 5 nitrogen and oxygen atoms in total.